The van der Waals surface area contributed by atoms with Crippen molar-refractivity contribution in [3.63, 3.8) is 0 Å². The Hall–Kier alpha value is -4.73. The second-order valence-corrected chi connectivity index (χ2v) is 8.63. The smallest absolute Gasteiger partial charge is 0.247 e. The molecule has 0 aliphatic heterocycles. The summed E-state index contributed by atoms with van der Waals surface area (Å²) in [6.45, 7) is 0. The molecule has 37 heavy (non-hydrogen) atoms. The van der Waals surface area contributed by atoms with Crippen LogP contribution in [0.2, 0.25) is 0 Å². The molecular weight excluding hydrogens is 484 g/mol. The van der Waals surface area contributed by atoms with Gasteiger partial charge in [-0.3, -0.25) is 19.5 Å². The molecule has 0 bridgehead atoms. The van der Waals surface area contributed by atoms with Crippen LogP contribution in [-0.2, 0) is 9.59 Å². The van der Waals surface area contributed by atoms with Gasteiger partial charge in [-0.1, -0.05) is 0 Å². The van der Waals surface area contributed by atoms with Crippen LogP contribution < -0.4 is 20.1 Å². The molecule has 3 aromatic carbocycles. The summed E-state index contributed by atoms with van der Waals surface area (Å²) in [5.74, 6) is -2.55. The van der Waals surface area contributed by atoms with E-state index < -0.39 is 28.9 Å². The van der Waals surface area contributed by atoms with Crippen molar-refractivity contribution < 1.29 is 33.0 Å². The minimum Gasteiger partial charge on any atom is -0.504 e. The van der Waals surface area contributed by atoms with Gasteiger partial charge in [0.25, 0.3) is 0 Å². The van der Waals surface area contributed by atoms with E-state index in [1.54, 1.807) is 0 Å². The van der Waals surface area contributed by atoms with Gasteiger partial charge in [0, 0.05) is 29.4 Å². The molecule has 4 aromatic rings. The molecule has 2 amide bonds. The van der Waals surface area contributed by atoms with E-state index in [1.165, 1.54) is 55.8 Å². The Morgan fingerprint density at radius 2 is 1.68 bits per heavy atom. The SMILES string of the molecule is COc1cc2nccc(Oc3ccc(N(C(=O)C4(C(N)=O)CC4)c4ccc(F)cc4)cc3F)c2cc1O. The van der Waals surface area contributed by atoms with Crippen LogP contribution in [0, 0.1) is 17.0 Å². The predicted molar refractivity (Wildman–Crippen MR) is 131 cm³/mol. The Bertz CT molecular complexity index is 1540. The van der Waals surface area contributed by atoms with Crippen LogP contribution in [0.5, 0.6) is 23.0 Å². The minimum absolute atomic E-state index is 0.107. The minimum atomic E-state index is -1.39. The monoisotopic (exact) mass is 505 g/mol. The Balaban J connectivity index is 1.52. The number of fused-ring (bicyclic) bond motifs is 1. The highest BCUT2D eigenvalue weighted by atomic mass is 19.1. The van der Waals surface area contributed by atoms with Gasteiger partial charge in [-0.05, 0) is 61.4 Å². The standard InChI is InChI=1S/C27H21F2N3O5/c1-36-24-14-20-18(13-21(24)33)22(8-11-31-20)37-23-7-6-17(12-19(23)29)32(16-4-2-15(28)3-5-16)26(35)27(9-10-27)25(30)34/h2-8,11-14,33H,9-10H2,1H3,(H2,30,34). The third kappa shape index (κ3) is 4.26. The summed E-state index contributed by atoms with van der Waals surface area (Å²) in [5.41, 5.74) is 4.92. The summed E-state index contributed by atoms with van der Waals surface area (Å²) in [7, 11) is 1.41. The number of hydrogen-bond acceptors (Lipinski definition) is 6. The van der Waals surface area contributed by atoms with Crippen LogP contribution in [0.4, 0.5) is 20.2 Å². The van der Waals surface area contributed by atoms with Crippen LogP contribution in [0.25, 0.3) is 10.9 Å². The first kappa shape index (κ1) is 24.0. The van der Waals surface area contributed by atoms with Gasteiger partial charge in [0.2, 0.25) is 11.8 Å². The summed E-state index contributed by atoms with van der Waals surface area (Å²) in [6, 6.07) is 13.3. The number of carbonyl (C=O) groups is 2. The molecule has 0 saturated heterocycles. The Morgan fingerprint density at radius 1 is 0.973 bits per heavy atom. The van der Waals surface area contributed by atoms with Gasteiger partial charge in [-0.25, -0.2) is 8.78 Å². The molecule has 0 atom stereocenters. The number of ether oxygens (including phenoxy) is 2. The average Bonchev–Trinajstić information content (AvgIpc) is 3.69. The lowest BCUT2D eigenvalue weighted by atomic mass is 10.0. The Morgan fingerprint density at radius 3 is 2.30 bits per heavy atom. The molecule has 1 saturated carbocycles. The Kier molecular flexibility index (Phi) is 5.87. The number of carbonyl (C=O) groups excluding carboxylic acids is 2. The average molecular weight is 505 g/mol. The Labute approximate surface area is 209 Å². The molecule has 0 unspecified atom stereocenters. The van der Waals surface area contributed by atoms with Crippen LogP contribution in [0.3, 0.4) is 0 Å². The molecule has 5 rings (SSSR count). The molecule has 10 heteroatoms. The van der Waals surface area contributed by atoms with Gasteiger partial charge in [-0.15, -0.1) is 0 Å². The number of rotatable bonds is 7. The van der Waals surface area contributed by atoms with E-state index in [0.29, 0.717) is 10.9 Å². The fourth-order valence-corrected chi connectivity index (χ4v) is 4.10. The van der Waals surface area contributed by atoms with Crippen molar-refractivity contribution in [2.45, 2.75) is 12.8 Å². The zero-order valence-corrected chi connectivity index (χ0v) is 19.6. The maximum atomic E-state index is 15.3. The van der Waals surface area contributed by atoms with Crippen molar-refractivity contribution in [3.8, 4) is 23.0 Å². The first-order valence-electron chi connectivity index (χ1n) is 11.3. The zero-order chi connectivity index (χ0) is 26.3. The number of primary amides is 1. The van der Waals surface area contributed by atoms with Gasteiger partial charge >= 0.3 is 0 Å². The van der Waals surface area contributed by atoms with Gasteiger partial charge in [0.15, 0.2) is 23.1 Å². The molecule has 1 fully saturated rings. The summed E-state index contributed by atoms with van der Waals surface area (Å²) >= 11 is 0. The molecule has 1 heterocycles. The predicted octanol–water partition coefficient (Wildman–Crippen LogP) is 4.95. The van der Waals surface area contributed by atoms with E-state index in [-0.39, 0.29) is 47.2 Å². The number of halogens is 2. The van der Waals surface area contributed by atoms with E-state index in [9.17, 15) is 19.1 Å². The highest BCUT2D eigenvalue weighted by molar-refractivity contribution is 6.16. The highest BCUT2D eigenvalue weighted by Gasteiger charge is 2.57. The van der Waals surface area contributed by atoms with Crippen molar-refractivity contribution in [2.24, 2.45) is 11.1 Å². The van der Waals surface area contributed by atoms with Gasteiger partial charge in [-0.2, -0.15) is 0 Å². The van der Waals surface area contributed by atoms with E-state index >= 15 is 4.39 Å². The van der Waals surface area contributed by atoms with E-state index in [1.807, 2.05) is 0 Å². The number of pyridine rings is 1. The second-order valence-electron chi connectivity index (χ2n) is 8.63. The number of nitrogens with zero attached hydrogens (tertiary/aromatic N) is 2. The van der Waals surface area contributed by atoms with Gasteiger partial charge in [0.05, 0.1) is 18.3 Å². The molecular formula is C27H21F2N3O5. The maximum absolute atomic E-state index is 15.3. The van der Waals surface area contributed by atoms with Gasteiger partial charge < -0.3 is 20.3 Å². The highest BCUT2D eigenvalue weighted by Crippen LogP contribution is 2.49. The molecule has 0 radical (unpaired) electrons. The number of aromatic hydroxyl groups is 1. The third-order valence-corrected chi connectivity index (χ3v) is 6.31. The maximum Gasteiger partial charge on any atom is 0.247 e. The second kappa shape index (κ2) is 9.05. The number of benzene rings is 3. The number of methoxy groups -OCH3 is 1. The lowest BCUT2D eigenvalue weighted by molar-refractivity contribution is -0.133. The van der Waals surface area contributed by atoms with Crippen LogP contribution in [-0.4, -0.2) is 29.0 Å². The quantitative estimate of drug-likeness (QED) is 0.344. The van der Waals surface area contributed by atoms with Crippen molar-refractivity contribution in [1.29, 1.82) is 0 Å². The van der Waals surface area contributed by atoms with Crippen molar-refractivity contribution in [1.82, 2.24) is 4.98 Å². The van der Waals surface area contributed by atoms with Crippen LogP contribution >= 0.6 is 0 Å². The summed E-state index contributed by atoms with van der Waals surface area (Å²) in [6.07, 6.45) is 2.01. The number of aromatic nitrogens is 1. The van der Waals surface area contributed by atoms with Crippen molar-refractivity contribution in [3.05, 3.63) is 78.5 Å². The molecule has 188 valence electrons. The number of hydrogen-bond donors (Lipinski definition) is 2. The fourth-order valence-electron chi connectivity index (χ4n) is 4.10. The summed E-state index contributed by atoms with van der Waals surface area (Å²) < 4.78 is 39.7. The van der Waals surface area contributed by atoms with E-state index in [4.69, 9.17) is 15.2 Å². The molecule has 8 nitrogen and oxygen atoms in total. The molecule has 1 aromatic heterocycles. The summed E-state index contributed by atoms with van der Waals surface area (Å²) in [4.78, 5) is 30.8. The van der Waals surface area contributed by atoms with Crippen molar-refractivity contribution >= 4 is 34.1 Å². The summed E-state index contributed by atoms with van der Waals surface area (Å²) in [5, 5.41) is 10.6. The molecule has 0 spiro atoms. The number of phenols is 1. The first-order valence-corrected chi connectivity index (χ1v) is 11.3. The first-order chi connectivity index (χ1) is 17.7. The third-order valence-electron chi connectivity index (χ3n) is 6.31. The number of anilines is 2. The molecule has 1 aliphatic carbocycles. The fraction of sp³-hybridized carbons (Fsp3) is 0.148. The lowest BCUT2D eigenvalue weighted by Crippen LogP contribution is -2.41. The number of nitrogens with two attached hydrogens (primary N) is 1. The van der Waals surface area contributed by atoms with Crippen LogP contribution in [0.15, 0.2) is 66.9 Å². The molecule has 1 aliphatic rings. The van der Waals surface area contributed by atoms with E-state index in [0.717, 1.165) is 23.1 Å². The van der Waals surface area contributed by atoms with Crippen LogP contribution in [0.1, 0.15) is 12.8 Å². The van der Waals surface area contributed by atoms with E-state index in [2.05, 4.69) is 4.98 Å². The molecule has 3 N–H and O–H groups in total. The number of phenolic OH excluding ortho intramolecular Hbond substituents is 1. The largest absolute Gasteiger partial charge is 0.504 e. The lowest BCUT2D eigenvalue weighted by Gasteiger charge is -2.26. The number of amides is 2. The van der Waals surface area contributed by atoms with Crippen molar-refractivity contribution in [2.75, 3.05) is 12.0 Å². The van der Waals surface area contributed by atoms with Gasteiger partial charge in [0.1, 0.15) is 17.0 Å². The normalized spacial score (nSPS) is 13.7. The zero-order valence-electron chi connectivity index (χ0n) is 19.6. The topological polar surface area (TPSA) is 115 Å².